The number of hydrogen-bond donors (Lipinski definition) is 2. The molecule has 4 aliphatic rings. The molecule has 1 spiro atoms. The lowest BCUT2D eigenvalue weighted by Crippen LogP contribution is -2.72. The molecule has 0 radical (unpaired) electrons. The van der Waals surface area contributed by atoms with E-state index in [2.05, 4.69) is 20.4 Å². The summed E-state index contributed by atoms with van der Waals surface area (Å²) in [6, 6.07) is 4.41. The molecule has 2 N–H and O–H groups in total. The van der Waals surface area contributed by atoms with E-state index in [1.54, 1.807) is 0 Å². The molecule has 4 saturated carbocycles. The van der Waals surface area contributed by atoms with Crippen LogP contribution >= 0.6 is 23.2 Å². The van der Waals surface area contributed by atoms with Gasteiger partial charge in [0.05, 0.1) is 29.4 Å². The highest BCUT2D eigenvalue weighted by Gasteiger charge is 2.78. The van der Waals surface area contributed by atoms with Crippen molar-refractivity contribution in [2.75, 3.05) is 6.61 Å². The van der Waals surface area contributed by atoms with Gasteiger partial charge in [-0.1, -0.05) is 50.0 Å². The second-order valence-electron chi connectivity index (χ2n) is 12.3. The number of esters is 2. The van der Waals surface area contributed by atoms with E-state index < -0.39 is 52.9 Å². The lowest BCUT2D eigenvalue weighted by atomic mass is 9.39. The molecule has 0 saturated heterocycles. The Labute approximate surface area is 232 Å². The van der Waals surface area contributed by atoms with Crippen molar-refractivity contribution in [1.82, 2.24) is 0 Å². The molecule has 0 aromatic heterocycles. The number of carbonyl (C=O) groups excluding carboxylic acids is 3. The first-order valence-corrected chi connectivity index (χ1v) is 13.9. The molecule has 1 aromatic carbocycles. The summed E-state index contributed by atoms with van der Waals surface area (Å²) in [6.07, 6.45) is -0.516. The standard InChI is InChI=1S/C29H34Cl2O7/c1-14-18-11-20(33)23-28(13-37-15(2)32)9-5-8-27(3,4)21(28)12-22(34)29(23,24(14)35)25(18)38-26(36)17-7-6-16(30)10-19(17)31/h6-7,10,18,20-23,25,33-34H,1,5,8-9,11-13H2,2-4H3/t18-,20+,21-,22-,23+,25-,28+,29-/m1/s1. The number of carbonyl (C=O) groups is 3. The van der Waals surface area contributed by atoms with Gasteiger partial charge in [-0.15, -0.1) is 0 Å². The monoisotopic (exact) mass is 564 g/mol. The first-order chi connectivity index (χ1) is 17.8. The number of fused-ring (bicyclic) bond motifs is 3. The minimum atomic E-state index is -1.61. The molecule has 4 aliphatic carbocycles. The highest BCUT2D eigenvalue weighted by Crippen LogP contribution is 2.71. The Bertz CT molecular complexity index is 1210. The van der Waals surface area contributed by atoms with Crippen molar-refractivity contribution >= 4 is 40.9 Å². The molecular formula is C29H34Cl2O7. The second kappa shape index (κ2) is 9.33. The van der Waals surface area contributed by atoms with E-state index in [9.17, 15) is 24.6 Å². The first-order valence-electron chi connectivity index (χ1n) is 13.2. The van der Waals surface area contributed by atoms with Gasteiger partial charge < -0.3 is 19.7 Å². The third kappa shape index (κ3) is 3.80. The summed E-state index contributed by atoms with van der Waals surface area (Å²) in [7, 11) is 0. The highest BCUT2D eigenvalue weighted by molar-refractivity contribution is 6.36. The van der Waals surface area contributed by atoms with Crippen LogP contribution in [-0.4, -0.2) is 52.9 Å². The smallest absolute Gasteiger partial charge is 0.339 e. The fourth-order valence-electron chi connectivity index (χ4n) is 8.65. The lowest BCUT2D eigenvalue weighted by Gasteiger charge is -2.66. The Morgan fingerprint density at radius 2 is 1.87 bits per heavy atom. The number of rotatable bonds is 4. The van der Waals surface area contributed by atoms with E-state index in [4.69, 9.17) is 32.7 Å². The summed E-state index contributed by atoms with van der Waals surface area (Å²) in [5.74, 6) is -3.18. The van der Waals surface area contributed by atoms with Crippen LogP contribution in [0.5, 0.6) is 0 Å². The van der Waals surface area contributed by atoms with Crippen LogP contribution in [0.25, 0.3) is 0 Å². The minimum absolute atomic E-state index is 0.0146. The van der Waals surface area contributed by atoms with Gasteiger partial charge >= 0.3 is 11.9 Å². The lowest BCUT2D eigenvalue weighted by molar-refractivity contribution is -0.264. The van der Waals surface area contributed by atoms with Gasteiger partial charge in [-0.3, -0.25) is 9.59 Å². The molecule has 0 unspecified atom stereocenters. The van der Waals surface area contributed by atoms with Crippen molar-refractivity contribution in [3.63, 3.8) is 0 Å². The third-order valence-corrected chi connectivity index (χ3v) is 10.6. The Hall–Kier alpha value is -1.93. The molecule has 0 heterocycles. The number of aliphatic hydroxyl groups is 2. The van der Waals surface area contributed by atoms with Crippen LogP contribution in [0.4, 0.5) is 0 Å². The molecule has 38 heavy (non-hydrogen) atoms. The summed E-state index contributed by atoms with van der Waals surface area (Å²) in [6.45, 7) is 9.63. The van der Waals surface area contributed by atoms with E-state index in [0.29, 0.717) is 11.4 Å². The molecule has 4 fully saturated rings. The first kappa shape index (κ1) is 27.6. The predicted molar refractivity (Wildman–Crippen MR) is 141 cm³/mol. The zero-order chi connectivity index (χ0) is 27.8. The number of ketones is 1. The Morgan fingerprint density at radius 3 is 2.53 bits per heavy atom. The molecule has 0 amide bonds. The van der Waals surface area contributed by atoms with Crippen LogP contribution in [0.3, 0.4) is 0 Å². The Kier molecular flexibility index (Phi) is 6.78. The van der Waals surface area contributed by atoms with Crippen molar-refractivity contribution < 1.29 is 34.1 Å². The van der Waals surface area contributed by atoms with E-state index in [1.165, 1.54) is 25.1 Å². The van der Waals surface area contributed by atoms with Crippen LogP contribution < -0.4 is 0 Å². The van der Waals surface area contributed by atoms with Crippen molar-refractivity contribution in [1.29, 1.82) is 0 Å². The summed E-state index contributed by atoms with van der Waals surface area (Å²) in [4.78, 5) is 39.6. The minimum Gasteiger partial charge on any atom is -0.465 e. The number of Topliss-reactive ketones (excluding diaryl/α,β-unsaturated/α-hetero) is 1. The van der Waals surface area contributed by atoms with Gasteiger partial charge in [-0.05, 0) is 60.8 Å². The van der Waals surface area contributed by atoms with Crippen LogP contribution in [0.15, 0.2) is 30.4 Å². The second-order valence-corrected chi connectivity index (χ2v) is 13.1. The maximum atomic E-state index is 14.1. The van der Waals surface area contributed by atoms with E-state index in [1.807, 2.05) is 0 Å². The van der Waals surface area contributed by atoms with Gasteiger partial charge in [0.25, 0.3) is 0 Å². The number of hydrogen-bond acceptors (Lipinski definition) is 7. The van der Waals surface area contributed by atoms with E-state index in [0.717, 1.165) is 12.8 Å². The van der Waals surface area contributed by atoms with Gasteiger partial charge in [-0.2, -0.15) is 0 Å². The van der Waals surface area contributed by atoms with Crippen molar-refractivity contribution in [2.45, 2.75) is 71.2 Å². The number of halogens is 2. The van der Waals surface area contributed by atoms with Gasteiger partial charge in [0.2, 0.25) is 0 Å². The van der Waals surface area contributed by atoms with Crippen molar-refractivity contribution in [2.24, 2.45) is 34.0 Å². The Balaban J connectivity index is 1.65. The molecule has 206 valence electrons. The van der Waals surface area contributed by atoms with Gasteiger partial charge in [0, 0.05) is 29.2 Å². The Morgan fingerprint density at radius 1 is 1.16 bits per heavy atom. The largest absolute Gasteiger partial charge is 0.465 e. The molecule has 8 atom stereocenters. The summed E-state index contributed by atoms with van der Waals surface area (Å²) in [5.41, 5.74) is -2.32. The van der Waals surface area contributed by atoms with Crippen LogP contribution in [0.2, 0.25) is 10.0 Å². The number of ether oxygens (including phenoxy) is 2. The number of aliphatic hydroxyl groups excluding tert-OH is 2. The number of benzene rings is 1. The molecule has 7 nitrogen and oxygen atoms in total. The average molecular weight is 565 g/mol. The van der Waals surface area contributed by atoms with Gasteiger partial charge in [0.1, 0.15) is 11.5 Å². The maximum Gasteiger partial charge on any atom is 0.339 e. The van der Waals surface area contributed by atoms with Crippen molar-refractivity contribution in [3.05, 3.63) is 46.0 Å². The molecular weight excluding hydrogens is 531 g/mol. The molecule has 5 rings (SSSR count). The topological polar surface area (TPSA) is 110 Å². The van der Waals surface area contributed by atoms with E-state index >= 15 is 0 Å². The zero-order valence-electron chi connectivity index (χ0n) is 21.8. The molecule has 9 heteroatoms. The average Bonchev–Trinajstić information content (AvgIpc) is 2.95. The van der Waals surface area contributed by atoms with Gasteiger partial charge in [0.15, 0.2) is 5.78 Å². The quantitative estimate of drug-likeness (QED) is 0.400. The maximum absolute atomic E-state index is 14.1. The molecule has 0 aliphatic heterocycles. The van der Waals surface area contributed by atoms with Crippen LogP contribution in [0, 0.1) is 34.0 Å². The fraction of sp³-hybridized carbons (Fsp3) is 0.621. The van der Waals surface area contributed by atoms with Crippen LogP contribution in [0.1, 0.15) is 63.2 Å². The summed E-state index contributed by atoms with van der Waals surface area (Å²) < 4.78 is 11.7. The fourth-order valence-corrected chi connectivity index (χ4v) is 9.14. The third-order valence-electron chi connectivity index (χ3n) is 10.0. The van der Waals surface area contributed by atoms with Crippen LogP contribution in [-0.2, 0) is 19.1 Å². The normalized spacial score (nSPS) is 39.2. The van der Waals surface area contributed by atoms with Gasteiger partial charge in [-0.25, -0.2) is 4.79 Å². The highest BCUT2D eigenvalue weighted by atomic mass is 35.5. The summed E-state index contributed by atoms with van der Waals surface area (Å²) in [5, 5.41) is 24.0. The molecule has 2 bridgehead atoms. The zero-order valence-corrected chi connectivity index (χ0v) is 23.3. The predicted octanol–water partition coefficient (Wildman–Crippen LogP) is 4.78. The van der Waals surface area contributed by atoms with Crippen molar-refractivity contribution in [3.8, 4) is 0 Å². The summed E-state index contributed by atoms with van der Waals surface area (Å²) >= 11 is 12.3. The SMILES string of the molecule is C=C1C(=O)[C@@]23[C@H](O)C[C@@H]4C(C)(C)CCC[C@@]4(COC(C)=O)[C@@H]2[C@@H](O)C[C@H]1[C@H]3OC(=O)c1ccc(Cl)cc1Cl. The van der Waals surface area contributed by atoms with E-state index in [-0.39, 0.29) is 52.7 Å². The molecule has 1 aromatic rings.